The van der Waals surface area contributed by atoms with Gasteiger partial charge in [0.05, 0.1) is 10.5 Å². The quantitative estimate of drug-likeness (QED) is 0.503. The molecule has 0 aliphatic rings. The van der Waals surface area contributed by atoms with E-state index in [1.54, 1.807) is 48.5 Å². The van der Waals surface area contributed by atoms with Gasteiger partial charge in [-0.15, -0.1) is 0 Å². The van der Waals surface area contributed by atoms with Crippen molar-refractivity contribution in [3.63, 3.8) is 0 Å². The molecule has 0 spiro atoms. The third kappa shape index (κ3) is 5.09. The van der Waals surface area contributed by atoms with Gasteiger partial charge in [-0.25, -0.2) is 10.2 Å². The second kappa shape index (κ2) is 8.08. The fourth-order valence-electron chi connectivity index (χ4n) is 1.76. The molecule has 2 amide bonds. The molecule has 0 atom stereocenters. The van der Waals surface area contributed by atoms with Crippen molar-refractivity contribution in [3.8, 4) is 0 Å². The normalized spacial score (nSPS) is 10.8. The minimum absolute atomic E-state index is 0.00642. The van der Waals surface area contributed by atoms with E-state index in [2.05, 4.69) is 15.8 Å². The Kier molecular flexibility index (Phi) is 5.59. The number of hydrazone groups is 1. The summed E-state index contributed by atoms with van der Waals surface area (Å²) in [6, 6.07) is 14.8. The van der Waals surface area contributed by atoms with Gasteiger partial charge >= 0.3 is 6.03 Å². The topological polar surface area (TPSA) is 96.6 Å². The van der Waals surface area contributed by atoms with E-state index in [9.17, 15) is 14.9 Å². The first kappa shape index (κ1) is 15.9. The van der Waals surface area contributed by atoms with Crippen LogP contribution in [0.1, 0.15) is 5.56 Å². The van der Waals surface area contributed by atoms with Crippen LogP contribution in [0.25, 0.3) is 6.08 Å². The van der Waals surface area contributed by atoms with Crippen LogP contribution in [0.2, 0.25) is 0 Å². The number of benzene rings is 2. The van der Waals surface area contributed by atoms with E-state index >= 15 is 0 Å². The molecular weight excluding hydrogens is 296 g/mol. The Bertz CT molecular complexity index is 742. The van der Waals surface area contributed by atoms with Gasteiger partial charge in [-0.2, -0.15) is 5.10 Å². The Morgan fingerprint density at radius 1 is 1.09 bits per heavy atom. The van der Waals surface area contributed by atoms with Gasteiger partial charge in [0.1, 0.15) is 0 Å². The molecule has 0 aliphatic heterocycles. The molecule has 0 saturated carbocycles. The number of rotatable bonds is 5. The molecule has 0 aliphatic carbocycles. The van der Waals surface area contributed by atoms with E-state index in [4.69, 9.17) is 0 Å². The highest BCUT2D eigenvalue weighted by Gasteiger charge is 2.08. The van der Waals surface area contributed by atoms with Crippen molar-refractivity contribution in [2.75, 3.05) is 5.32 Å². The van der Waals surface area contributed by atoms with Gasteiger partial charge in [0.2, 0.25) is 0 Å². The second-order valence-corrected chi connectivity index (χ2v) is 4.39. The van der Waals surface area contributed by atoms with E-state index in [1.807, 2.05) is 6.07 Å². The summed E-state index contributed by atoms with van der Waals surface area (Å²) in [7, 11) is 0. The Balaban J connectivity index is 1.87. The number of para-hydroxylation sites is 2. The molecule has 0 saturated heterocycles. The van der Waals surface area contributed by atoms with E-state index in [-0.39, 0.29) is 5.69 Å². The first-order valence-corrected chi connectivity index (χ1v) is 6.72. The molecule has 0 bridgehead atoms. The number of nitro groups is 1. The lowest BCUT2D eigenvalue weighted by molar-refractivity contribution is -0.385. The first-order chi connectivity index (χ1) is 11.2. The Morgan fingerprint density at radius 3 is 2.52 bits per heavy atom. The largest absolute Gasteiger partial charge is 0.339 e. The van der Waals surface area contributed by atoms with Crippen LogP contribution in [0.15, 0.2) is 65.8 Å². The van der Waals surface area contributed by atoms with E-state index in [0.29, 0.717) is 11.3 Å². The minimum atomic E-state index is -0.480. The molecule has 0 radical (unpaired) electrons. The maximum atomic E-state index is 11.5. The minimum Gasteiger partial charge on any atom is -0.307 e. The molecule has 116 valence electrons. The zero-order valence-corrected chi connectivity index (χ0v) is 12.0. The van der Waals surface area contributed by atoms with Crippen LogP contribution in [-0.4, -0.2) is 17.2 Å². The number of nitrogens with zero attached hydrogens (tertiary/aromatic N) is 2. The zero-order valence-electron chi connectivity index (χ0n) is 12.0. The van der Waals surface area contributed by atoms with Crippen molar-refractivity contribution in [1.82, 2.24) is 5.43 Å². The molecule has 2 aromatic carbocycles. The molecule has 0 unspecified atom stereocenters. The van der Waals surface area contributed by atoms with Crippen LogP contribution < -0.4 is 10.7 Å². The van der Waals surface area contributed by atoms with Gasteiger partial charge in [-0.05, 0) is 30.4 Å². The molecule has 2 rings (SSSR count). The number of urea groups is 1. The van der Waals surface area contributed by atoms with Crippen molar-refractivity contribution < 1.29 is 9.72 Å². The average molecular weight is 310 g/mol. The number of nitrogens with one attached hydrogen (secondary N) is 2. The van der Waals surface area contributed by atoms with Crippen LogP contribution in [-0.2, 0) is 0 Å². The van der Waals surface area contributed by atoms with Gasteiger partial charge in [0.25, 0.3) is 5.69 Å². The fourth-order valence-corrected chi connectivity index (χ4v) is 1.76. The first-order valence-electron chi connectivity index (χ1n) is 6.72. The highest BCUT2D eigenvalue weighted by Crippen LogP contribution is 2.18. The van der Waals surface area contributed by atoms with Crippen LogP contribution in [0.4, 0.5) is 16.2 Å². The number of allylic oxidation sites excluding steroid dienone is 1. The zero-order chi connectivity index (χ0) is 16.5. The van der Waals surface area contributed by atoms with Crippen LogP contribution >= 0.6 is 0 Å². The summed E-state index contributed by atoms with van der Waals surface area (Å²) >= 11 is 0. The number of anilines is 1. The number of amides is 2. The molecule has 0 aromatic heterocycles. The van der Waals surface area contributed by atoms with Gasteiger partial charge in [0.15, 0.2) is 0 Å². The van der Waals surface area contributed by atoms with Crippen molar-refractivity contribution in [3.05, 3.63) is 76.4 Å². The highest BCUT2D eigenvalue weighted by atomic mass is 16.6. The van der Waals surface area contributed by atoms with Crippen LogP contribution in [0.5, 0.6) is 0 Å². The third-order valence-electron chi connectivity index (χ3n) is 2.77. The van der Waals surface area contributed by atoms with Crippen molar-refractivity contribution in [2.45, 2.75) is 0 Å². The van der Waals surface area contributed by atoms with Crippen molar-refractivity contribution >= 4 is 29.7 Å². The van der Waals surface area contributed by atoms with Crippen LogP contribution in [0, 0.1) is 10.1 Å². The predicted octanol–water partition coefficient (Wildman–Crippen LogP) is 3.42. The third-order valence-corrected chi connectivity index (χ3v) is 2.77. The lowest BCUT2D eigenvalue weighted by Crippen LogP contribution is -2.23. The van der Waals surface area contributed by atoms with E-state index < -0.39 is 11.0 Å². The SMILES string of the molecule is O=C(N/N=C\C=C\c1ccccc1[N+](=O)[O-])Nc1ccccc1. The summed E-state index contributed by atoms with van der Waals surface area (Å²) in [5, 5.41) is 17.2. The Morgan fingerprint density at radius 2 is 1.78 bits per heavy atom. The van der Waals surface area contributed by atoms with Crippen molar-refractivity contribution in [1.29, 1.82) is 0 Å². The fraction of sp³-hybridized carbons (Fsp3) is 0. The van der Waals surface area contributed by atoms with E-state index in [0.717, 1.165) is 0 Å². The molecule has 23 heavy (non-hydrogen) atoms. The van der Waals surface area contributed by atoms with Gasteiger partial charge in [-0.1, -0.05) is 30.3 Å². The standard InChI is InChI=1S/C16H14N4O3/c21-16(18-14-9-2-1-3-10-14)19-17-12-6-8-13-7-4-5-11-15(13)20(22)23/h1-12H,(H2,18,19,21)/b8-6+,17-12-. The summed E-state index contributed by atoms with van der Waals surface area (Å²) in [6.45, 7) is 0. The number of carbonyl (C=O) groups is 1. The number of hydrogen-bond acceptors (Lipinski definition) is 4. The summed E-state index contributed by atoms with van der Waals surface area (Å²) in [6.07, 6.45) is 4.38. The molecule has 7 nitrogen and oxygen atoms in total. The molecular formula is C16H14N4O3. The molecule has 0 heterocycles. The van der Waals surface area contributed by atoms with Crippen LogP contribution in [0.3, 0.4) is 0 Å². The Labute approximate surface area is 132 Å². The molecule has 7 heteroatoms. The number of hydrogen-bond donors (Lipinski definition) is 2. The molecule has 2 N–H and O–H groups in total. The highest BCUT2D eigenvalue weighted by molar-refractivity contribution is 5.90. The second-order valence-electron chi connectivity index (χ2n) is 4.39. The Hall–Kier alpha value is -3.48. The van der Waals surface area contributed by atoms with Crippen molar-refractivity contribution in [2.24, 2.45) is 5.10 Å². The smallest absolute Gasteiger partial charge is 0.307 e. The van der Waals surface area contributed by atoms with Gasteiger partial charge in [-0.3, -0.25) is 10.1 Å². The molecule has 2 aromatic rings. The summed E-state index contributed by atoms with van der Waals surface area (Å²) < 4.78 is 0. The number of nitro benzene ring substituents is 1. The summed E-state index contributed by atoms with van der Waals surface area (Å²) in [5.41, 5.74) is 3.40. The lowest BCUT2D eigenvalue weighted by atomic mass is 10.2. The van der Waals surface area contributed by atoms with Gasteiger partial charge in [0, 0.05) is 18.0 Å². The summed E-state index contributed by atoms with van der Waals surface area (Å²) in [4.78, 5) is 21.9. The summed E-state index contributed by atoms with van der Waals surface area (Å²) in [5.74, 6) is 0. The lowest BCUT2D eigenvalue weighted by Gasteiger charge is -2.02. The molecule has 0 fully saturated rings. The van der Waals surface area contributed by atoms with E-state index in [1.165, 1.54) is 18.4 Å². The monoisotopic (exact) mass is 310 g/mol. The maximum Gasteiger partial charge on any atom is 0.339 e. The number of carbonyl (C=O) groups excluding carboxylic acids is 1. The van der Waals surface area contributed by atoms with Gasteiger partial charge < -0.3 is 5.32 Å². The maximum absolute atomic E-state index is 11.5. The average Bonchev–Trinajstić information content (AvgIpc) is 2.55. The predicted molar refractivity (Wildman–Crippen MR) is 89.2 cm³/mol.